The third kappa shape index (κ3) is 6.10. The molecule has 0 heterocycles. The topological polar surface area (TPSA) is 32.3 Å². The van der Waals surface area contributed by atoms with Crippen LogP contribution in [0.2, 0.25) is 5.02 Å². The maximum absolute atomic E-state index is 9.03. The fourth-order valence-electron chi connectivity index (χ4n) is 2.01. The largest absolute Gasteiger partial charge is 0.396 e. The van der Waals surface area contributed by atoms with Crippen LogP contribution in [0, 0.1) is 0 Å². The number of rotatable bonds is 8. The van der Waals surface area contributed by atoms with Crippen molar-refractivity contribution in [3.8, 4) is 0 Å². The molecule has 1 rings (SSSR count). The highest BCUT2D eigenvalue weighted by molar-refractivity contribution is 7.98. The number of thioether (sulfide) groups is 1. The summed E-state index contributed by atoms with van der Waals surface area (Å²) in [6.45, 7) is 2.42. The number of halogens is 1. The van der Waals surface area contributed by atoms with E-state index >= 15 is 0 Å². The summed E-state index contributed by atoms with van der Waals surface area (Å²) in [5.74, 6) is 1.03. The lowest BCUT2D eigenvalue weighted by Crippen LogP contribution is -2.40. The van der Waals surface area contributed by atoms with E-state index in [1.54, 1.807) is 0 Å². The van der Waals surface area contributed by atoms with Gasteiger partial charge in [0.2, 0.25) is 0 Å². The van der Waals surface area contributed by atoms with E-state index in [4.69, 9.17) is 16.7 Å². The van der Waals surface area contributed by atoms with E-state index in [2.05, 4.69) is 30.6 Å². The Morgan fingerprint density at radius 1 is 1.33 bits per heavy atom. The molecule has 0 aliphatic carbocycles. The third-order valence-electron chi connectivity index (χ3n) is 2.82. The molecule has 2 atom stereocenters. The Hall–Kier alpha value is -0.220. The smallest absolute Gasteiger partial charge is 0.0446 e. The Morgan fingerprint density at radius 2 is 2.00 bits per heavy atom. The number of aliphatic hydroxyl groups excluding tert-OH is 1. The number of benzene rings is 1. The van der Waals surface area contributed by atoms with E-state index < -0.39 is 0 Å². The van der Waals surface area contributed by atoms with Crippen LogP contribution in [-0.2, 0) is 6.42 Å². The Labute approximate surface area is 119 Å². The van der Waals surface area contributed by atoms with Gasteiger partial charge in [0.1, 0.15) is 0 Å². The minimum Gasteiger partial charge on any atom is -0.396 e. The van der Waals surface area contributed by atoms with E-state index in [0.29, 0.717) is 12.1 Å². The van der Waals surface area contributed by atoms with Crippen molar-refractivity contribution in [2.45, 2.75) is 31.8 Å². The summed E-state index contributed by atoms with van der Waals surface area (Å²) in [6, 6.07) is 8.77. The molecule has 2 unspecified atom stereocenters. The molecule has 0 amide bonds. The third-order valence-corrected chi connectivity index (χ3v) is 3.81. The predicted molar refractivity (Wildman–Crippen MR) is 81.6 cm³/mol. The first-order valence-corrected chi connectivity index (χ1v) is 8.03. The van der Waals surface area contributed by atoms with Gasteiger partial charge in [-0.3, -0.25) is 0 Å². The summed E-state index contributed by atoms with van der Waals surface area (Å²) in [7, 11) is 0. The maximum Gasteiger partial charge on any atom is 0.0446 e. The fourth-order valence-corrected chi connectivity index (χ4v) is 2.80. The van der Waals surface area contributed by atoms with Crippen LogP contribution in [0.25, 0.3) is 0 Å². The second-order valence-corrected chi connectivity index (χ2v) is 5.91. The monoisotopic (exact) mass is 287 g/mol. The number of hydrogen-bond donors (Lipinski definition) is 2. The van der Waals surface area contributed by atoms with Gasteiger partial charge >= 0.3 is 0 Å². The van der Waals surface area contributed by atoms with E-state index in [1.165, 1.54) is 5.56 Å². The van der Waals surface area contributed by atoms with Gasteiger partial charge in [-0.1, -0.05) is 23.7 Å². The first-order valence-electron chi connectivity index (χ1n) is 6.26. The Kier molecular flexibility index (Phi) is 7.75. The zero-order chi connectivity index (χ0) is 13.4. The minimum atomic E-state index is 0.242. The Morgan fingerprint density at radius 3 is 2.56 bits per heavy atom. The van der Waals surface area contributed by atoms with Gasteiger partial charge in [0.15, 0.2) is 0 Å². The van der Waals surface area contributed by atoms with Crippen LogP contribution in [0.1, 0.15) is 18.9 Å². The zero-order valence-electron chi connectivity index (χ0n) is 11.0. The van der Waals surface area contributed by atoms with Crippen LogP contribution >= 0.6 is 23.4 Å². The van der Waals surface area contributed by atoms with Gasteiger partial charge in [-0.15, -0.1) is 0 Å². The highest BCUT2D eigenvalue weighted by Gasteiger charge is 2.11. The van der Waals surface area contributed by atoms with Gasteiger partial charge in [-0.2, -0.15) is 11.8 Å². The van der Waals surface area contributed by atoms with Crippen molar-refractivity contribution in [3.05, 3.63) is 34.9 Å². The molecule has 1 aromatic rings. The maximum atomic E-state index is 9.03. The molecule has 0 aliphatic heterocycles. The lowest BCUT2D eigenvalue weighted by Gasteiger charge is -2.22. The molecule has 1 aromatic carbocycles. The molecule has 0 spiro atoms. The molecule has 0 aromatic heterocycles. The van der Waals surface area contributed by atoms with Gasteiger partial charge in [0.05, 0.1) is 0 Å². The van der Waals surface area contributed by atoms with Crippen LogP contribution in [0.15, 0.2) is 24.3 Å². The van der Waals surface area contributed by atoms with Gasteiger partial charge in [0.25, 0.3) is 0 Å². The molecule has 18 heavy (non-hydrogen) atoms. The molecular weight excluding hydrogens is 266 g/mol. The molecule has 102 valence electrons. The van der Waals surface area contributed by atoms with Gasteiger partial charge < -0.3 is 10.4 Å². The lowest BCUT2D eigenvalue weighted by atomic mass is 10.1. The van der Waals surface area contributed by atoms with Crippen LogP contribution < -0.4 is 5.32 Å². The number of hydrogen-bond acceptors (Lipinski definition) is 3. The minimum absolute atomic E-state index is 0.242. The second-order valence-electron chi connectivity index (χ2n) is 4.56. The van der Waals surface area contributed by atoms with Crippen molar-refractivity contribution in [1.29, 1.82) is 0 Å². The summed E-state index contributed by atoms with van der Waals surface area (Å²) >= 11 is 7.68. The molecule has 0 bridgehead atoms. The van der Waals surface area contributed by atoms with Crippen molar-refractivity contribution in [3.63, 3.8) is 0 Å². The van der Waals surface area contributed by atoms with E-state index in [0.717, 1.165) is 23.6 Å². The van der Waals surface area contributed by atoms with Gasteiger partial charge in [-0.05, 0) is 43.7 Å². The standard InChI is InChI=1S/C14H22ClNOS/c1-11(16-14(7-8-17)10-18-2)9-12-3-5-13(15)6-4-12/h3-6,11,14,16-17H,7-10H2,1-2H3. The van der Waals surface area contributed by atoms with Crippen molar-refractivity contribution in [1.82, 2.24) is 5.32 Å². The van der Waals surface area contributed by atoms with E-state index in [1.807, 2.05) is 23.9 Å². The molecule has 0 fully saturated rings. The SMILES string of the molecule is CSCC(CCO)NC(C)Cc1ccc(Cl)cc1. The first-order chi connectivity index (χ1) is 8.65. The van der Waals surface area contributed by atoms with E-state index in [-0.39, 0.29) is 6.61 Å². The summed E-state index contributed by atoms with van der Waals surface area (Å²) < 4.78 is 0. The Balaban J connectivity index is 2.43. The number of aliphatic hydroxyl groups is 1. The summed E-state index contributed by atoms with van der Waals surface area (Å²) in [4.78, 5) is 0. The average molecular weight is 288 g/mol. The molecule has 0 saturated heterocycles. The predicted octanol–water partition coefficient (Wildman–Crippen LogP) is 2.97. The van der Waals surface area contributed by atoms with Crippen LogP contribution in [0.4, 0.5) is 0 Å². The van der Waals surface area contributed by atoms with Crippen LogP contribution in [0.5, 0.6) is 0 Å². The molecule has 2 N–H and O–H groups in total. The lowest BCUT2D eigenvalue weighted by molar-refractivity contribution is 0.265. The normalized spacial score (nSPS) is 14.4. The van der Waals surface area contributed by atoms with Crippen molar-refractivity contribution in [2.75, 3.05) is 18.6 Å². The van der Waals surface area contributed by atoms with E-state index in [9.17, 15) is 0 Å². The summed E-state index contributed by atoms with van der Waals surface area (Å²) in [6.07, 6.45) is 3.88. The van der Waals surface area contributed by atoms with Gasteiger partial charge in [-0.25, -0.2) is 0 Å². The summed E-state index contributed by atoms with van der Waals surface area (Å²) in [5.41, 5.74) is 1.28. The highest BCUT2D eigenvalue weighted by atomic mass is 35.5. The Bertz CT molecular complexity index is 325. The summed E-state index contributed by atoms with van der Waals surface area (Å²) in [5, 5.41) is 13.4. The molecule has 0 radical (unpaired) electrons. The average Bonchev–Trinajstić information content (AvgIpc) is 2.33. The molecule has 2 nitrogen and oxygen atoms in total. The van der Waals surface area contributed by atoms with Crippen molar-refractivity contribution < 1.29 is 5.11 Å². The van der Waals surface area contributed by atoms with Crippen LogP contribution in [0.3, 0.4) is 0 Å². The molecule has 0 aliphatic rings. The van der Waals surface area contributed by atoms with Crippen molar-refractivity contribution in [2.24, 2.45) is 0 Å². The quantitative estimate of drug-likeness (QED) is 0.771. The molecular formula is C14H22ClNOS. The molecule has 0 saturated carbocycles. The highest BCUT2D eigenvalue weighted by Crippen LogP contribution is 2.12. The van der Waals surface area contributed by atoms with Crippen molar-refractivity contribution >= 4 is 23.4 Å². The van der Waals surface area contributed by atoms with Gasteiger partial charge in [0, 0.05) is 29.5 Å². The molecule has 4 heteroatoms. The zero-order valence-corrected chi connectivity index (χ0v) is 12.6. The number of nitrogens with one attached hydrogen (secondary N) is 1. The fraction of sp³-hybridized carbons (Fsp3) is 0.571. The van der Waals surface area contributed by atoms with Crippen LogP contribution in [-0.4, -0.2) is 35.8 Å². The first kappa shape index (κ1) is 15.8. The second kappa shape index (κ2) is 8.81.